The van der Waals surface area contributed by atoms with Crippen LogP contribution in [0.4, 0.5) is 17.3 Å². The fourth-order valence-corrected chi connectivity index (χ4v) is 3.27. The van der Waals surface area contributed by atoms with Gasteiger partial charge >= 0.3 is 0 Å². The van der Waals surface area contributed by atoms with Crippen LogP contribution >= 0.6 is 0 Å². The third-order valence-corrected chi connectivity index (χ3v) is 4.43. The van der Waals surface area contributed by atoms with Gasteiger partial charge in [0.05, 0.1) is 0 Å². The first-order chi connectivity index (χ1) is 13.4. The van der Waals surface area contributed by atoms with E-state index in [0.717, 1.165) is 33.8 Å². The van der Waals surface area contributed by atoms with Gasteiger partial charge < -0.3 is 10.2 Å². The monoisotopic (exact) mass is 374 g/mol. The first kappa shape index (κ1) is 19.5. The summed E-state index contributed by atoms with van der Waals surface area (Å²) in [6.45, 7) is 10.7. The molecule has 28 heavy (non-hydrogen) atoms. The highest BCUT2D eigenvalue weighted by atomic mass is 16.1. The van der Waals surface area contributed by atoms with Crippen molar-refractivity contribution >= 4 is 23.2 Å². The van der Waals surface area contributed by atoms with Gasteiger partial charge in [-0.15, -0.1) is 0 Å². The first-order valence-electron chi connectivity index (χ1n) is 9.45. The summed E-state index contributed by atoms with van der Waals surface area (Å²) in [4.78, 5) is 23.9. The van der Waals surface area contributed by atoms with E-state index in [1.807, 2.05) is 56.9 Å². The summed E-state index contributed by atoms with van der Waals surface area (Å²) in [5.41, 5.74) is 6.25. The van der Waals surface area contributed by atoms with Crippen molar-refractivity contribution in [2.75, 3.05) is 16.8 Å². The lowest BCUT2D eigenvalue weighted by Crippen LogP contribution is -2.22. The highest BCUT2D eigenvalue weighted by molar-refractivity contribution is 6.03. The van der Waals surface area contributed by atoms with E-state index in [1.54, 1.807) is 6.07 Å². The third-order valence-electron chi connectivity index (χ3n) is 4.43. The van der Waals surface area contributed by atoms with Crippen molar-refractivity contribution in [2.45, 2.75) is 34.6 Å². The Kier molecular flexibility index (Phi) is 5.73. The number of amides is 1. The minimum absolute atomic E-state index is 0.239. The fourth-order valence-electron chi connectivity index (χ4n) is 3.27. The van der Waals surface area contributed by atoms with E-state index in [-0.39, 0.29) is 5.91 Å². The summed E-state index contributed by atoms with van der Waals surface area (Å²) in [6, 6.07) is 15.9. The van der Waals surface area contributed by atoms with Crippen molar-refractivity contribution in [2.24, 2.45) is 0 Å². The van der Waals surface area contributed by atoms with Crippen LogP contribution in [0.3, 0.4) is 0 Å². The van der Waals surface area contributed by atoms with Crippen LogP contribution in [0.25, 0.3) is 0 Å². The van der Waals surface area contributed by atoms with Crippen molar-refractivity contribution in [3.05, 3.63) is 76.6 Å². The second kappa shape index (κ2) is 8.21. The summed E-state index contributed by atoms with van der Waals surface area (Å²) in [5.74, 6) is 0.288. The third kappa shape index (κ3) is 4.55. The summed E-state index contributed by atoms with van der Waals surface area (Å²) >= 11 is 0. The number of benzene rings is 2. The van der Waals surface area contributed by atoms with E-state index in [0.29, 0.717) is 18.2 Å². The number of hydrogen-bond acceptors (Lipinski definition) is 4. The van der Waals surface area contributed by atoms with E-state index in [9.17, 15) is 4.79 Å². The Bertz CT molecular complexity index is 993. The van der Waals surface area contributed by atoms with Crippen LogP contribution in [0.1, 0.15) is 39.8 Å². The molecule has 0 radical (unpaired) electrons. The predicted octanol–water partition coefficient (Wildman–Crippen LogP) is 5.12. The number of anilines is 3. The zero-order valence-electron chi connectivity index (χ0n) is 17.1. The molecule has 1 amide bonds. The second-order valence-corrected chi connectivity index (χ2v) is 7.11. The Morgan fingerprint density at radius 2 is 1.64 bits per heavy atom. The van der Waals surface area contributed by atoms with E-state index in [2.05, 4.69) is 40.4 Å². The molecule has 2 aromatic carbocycles. The van der Waals surface area contributed by atoms with Crippen LogP contribution in [0.15, 0.2) is 48.5 Å². The molecule has 144 valence electrons. The number of hydrogen-bond donors (Lipinski definition) is 1. The van der Waals surface area contributed by atoms with Crippen molar-refractivity contribution < 1.29 is 4.79 Å². The lowest BCUT2D eigenvalue weighted by molar-refractivity contribution is 0.102. The summed E-state index contributed by atoms with van der Waals surface area (Å²) in [7, 11) is 0. The molecule has 3 rings (SSSR count). The van der Waals surface area contributed by atoms with Gasteiger partial charge in [0.25, 0.3) is 5.91 Å². The first-order valence-corrected chi connectivity index (χ1v) is 9.45. The topological polar surface area (TPSA) is 58.1 Å². The Morgan fingerprint density at radius 1 is 0.929 bits per heavy atom. The second-order valence-electron chi connectivity index (χ2n) is 7.11. The minimum Gasteiger partial charge on any atom is -0.321 e. The normalized spacial score (nSPS) is 10.6. The average Bonchev–Trinajstić information content (AvgIpc) is 2.61. The number of nitrogens with one attached hydrogen (secondary N) is 1. The summed E-state index contributed by atoms with van der Waals surface area (Å²) < 4.78 is 0. The standard InChI is InChI=1S/C23H26N4O/c1-6-27(20-9-7-8-15(2)13-20)23-24-18(5)14-21(26-23)22(28)25-19-11-16(3)10-17(4)12-19/h7-14H,6H2,1-5H3,(H,25,28). The highest BCUT2D eigenvalue weighted by Crippen LogP contribution is 2.24. The number of aromatic nitrogens is 2. The molecule has 0 aliphatic heterocycles. The molecule has 0 saturated carbocycles. The molecule has 1 aromatic heterocycles. The SMILES string of the molecule is CCN(c1cccc(C)c1)c1nc(C)cc(C(=O)Nc2cc(C)cc(C)c2)n1. The largest absolute Gasteiger partial charge is 0.321 e. The number of carbonyl (C=O) groups excluding carboxylic acids is 1. The van der Waals surface area contributed by atoms with Gasteiger partial charge in [-0.1, -0.05) is 18.2 Å². The van der Waals surface area contributed by atoms with Gasteiger partial charge in [-0.25, -0.2) is 9.97 Å². The summed E-state index contributed by atoms with van der Waals surface area (Å²) in [5, 5.41) is 2.95. The molecule has 1 N–H and O–H groups in total. The molecular formula is C23H26N4O. The molecule has 5 nitrogen and oxygen atoms in total. The molecule has 0 unspecified atom stereocenters. The minimum atomic E-state index is -0.239. The van der Waals surface area contributed by atoms with Gasteiger partial charge in [0, 0.05) is 23.6 Å². The lowest BCUT2D eigenvalue weighted by Gasteiger charge is -2.22. The van der Waals surface area contributed by atoms with Crippen LogP contribution in [-0.2, 0) is 0 Å². The van der Waals surface area contributed by atoms with Crippen LogP contribution < -0.4 is 10.2 Å². The number of carbonyl (C=O) groups is 1. The maximum Gasteiger partial charge on any atom is 0.274 e. The molecule has 0 spiro atoms. The van der Waals surface area contributed by atoms with Crippen LogP contribution in [0, 0.1) is 27.7 Å². The molecule has 0 aliphatic carbocycles. The lowest BCUT2D eigenvalue weighted by atomic mass is 10.1. The van der Waals surface area contributed by atoms with Crippen LogP contribution in [0.2, 0.25) is 0 Å². The molecule has 5 heteroatoms. The maximum atomic E-state index is 12.8. The number of nitrogens with zero attached hydrogens (tertiary/aromatic N) is 3. The van der Waals surface area contributed by atoms with Crippen molar-refractivity contribution in [3.63, 3.8) is 0 Å². The van der Waals surface area contributed by atoms with Gasteiger partial charge in [-0.2, -0.15) is 0 Å². The molecular weight excluding hydrogens is 348 g/mol. The van der Waals surface area contributed by atoms with Gasteiger partial charge in [0.1, 0.15) is 5.69 Å². The average molecular weight is 374 g/mol. The maximum absolute atomic E-state index is 12.8. The van der Waals surface area contributed by atoms with Crippen molar-refractivity contribution in [1.82, 2.24) is 9.97 Å². The van der Waals surface area contributed by atoms with Gasteiger partial charge in [-0.3, -0.25) is 4.79 Å². The van der Waals surface area contributed by atoms with Gasteiger partial charge in [-0.05, 0) is 81.6 Å². The molecule has 0 fully saturated rings. The molecule has 1 heterocycles. The number of aryl methyl sites for hydroxylation is 4. The molecule has 3 aromatic rings. The Morgan fingerprint density at radius 3 is 2.29 bits per heavy atom. The molecule has 0 bridgehead atoms. The highest BCUT2D eigenvalue weighted by Gasteiger charge is 2.16. The molecule has 0 atom stereocenters. The van der Waals surface area contributed by atoms with Crippen molar-refractivity contribution in [3.8, 4) is 0 Å². The Hall–Kier alpha value is -3.21. The molecule has 0 aliphatic rings. The smallest absolute Gasteiger partial charge is 0.274 e. The Labute approximate surface area is 166 Å². The fraction of sp³-hybridized carbons (Fsp3) is 0.261. The predicted molar refractivity (Wildman–Crippen MR) is 114 cm³/mol. The van der Waals surface area contributed by atoms with E-state index in [4.69, 9.17) is 0 Å². The Balaban J connectivity index is 1.92. The quantitative estimate of drug-likeness (QED) is 0.673. The van der Waals surface area contributed by atoms with Gasteiger partial charge in [0.15, 0.2) is 0 Å². The van der Waals surface area contributed by atoms with Crippen molar-refractivity contribution in [1.29, 1.82) is 0 Å². The molecule has 0 saturated heterocycles. The van der Waals surface area contributed by atoms with Gasteiger partial charge in [0.2, 0.25) is 5.95 Å². The number of rotatable bonds is 5. The van der Waals surface area contributed by atoms with E-state index < -0.39 is 0 Å². The zero-order chi connectivity index (χ0) is 20.3. The van der Waals surface area contributed by atoms with Crippen LogP contribution in [-0.4, -0.2) is 22.4 Å². The summed E-state index contributed by atoms with van der Waals surface area (Å²) in [6.07, 6.45) is 0. The van der Waals surface area contributed by atoms with E-state index in [1.165, 1.54) is 0 Å². The zero-order valence-corrected chi connectivity index (χ0v) is 17.1. The van der Waals surface area contributed by atoms with Crippen LogP contribution in [0.5, 0.6) is 0 Å². The van der Waals surface area contributed by atoms with E-state index >= 15 is 0 Å².